The van der Waals surface area contributed by atoms with E-state index in [0.717, 1.165) is 6.42 Å². The number of rotatable bonds is 3. The lowest BCUT2D eigenvalue weighted by atomic mass is 10.0. The van der Waals surface area contributed by atoms with E-state index in [1.807, 2.05) is 0 Å². The van der Waals surface area contributed by atoms with Crippen LogP contribution in [0.5, 0.6) is 0 Å². The van der Waals surface area contributed by atoms with E-state index >= 15 is 0 Å². The molecule has 0 saturated carbocycles. The highest BCUT2D eigenvalue weighted by atomic mass is 14.9. The fraction of sp³-hybridized carbons (Fsp3) is 0.130. The van der Waals surface area contributed by atoms with Gasteiger partial charge in [-0.3, -0.25) is 0 Å². The van der Waals surface area contributed by atoms with E-state index in [9.17, 15) is 0 Å². The highest BCUT2D eigenvalue weighted by Gasteiger charge is 2.11. The van der Waals surface area contributed by atoms with Crippen LogP contribution >= 0.6 is 0 Å². The molecule has 3 aromatic carbocycles. The average molecular weight is 311 g/mol. The van der Waals surface area contributed by atoms with Gasteiger partial charge in [0.05, 0.1) is 0 Å². The molecule has 0 radical (unpaired) electrons. The number of fused-ring (bicyclic) bond motifs is 1. The summed E-state index contributed by atoms with van der Waals surface area (Å²) < 4.78 is 2.29. The van der Waals surface area contributed by atoms with Crippen LogP contribution in [0.25, 0.3) is 22.2 Å². The largest absolute Gasteiger partial charge is 0.344 e. The predicted octanol–water partition coefficient (Wildman–Crippen LogP) is 5.74. The minimum atomic E-state index is 0.968. The quantitative estimate of drug-likeness (QED) is 0.454. The standard InChI is InChI=1S/C23H21N/c1-17-11-13-18(14-12-17)15-20-9-6-10-22-21(20)16-23(24(22)2)19-7-4-3-5-8-19/h3-14,16H,15H2,1-2H3. The van der Waals surface area contributed by atoms with E-state index in [4.69, 9.17) is 0 Å². The Balaban J connectivity index is 1.81. The second kappa shape index (κ2) is 6.01. The monoisotopic (exact) mass is 311 g/mol. The summed E-state index contributed by atoms with van der Waals surface area (Å²) in [7, 11) is 2.15. The van der Waals surface area contributed by atoms with Gasteiger partial charge in [-0.2, -0.15) is 0 Å². The Bertz CT molecular complexity index is 976. The molecule has 1 nitrogen and oxygen atoms in total. The number of hydrogen-bond donors (Lipinski definition) is 0. The summed E-state index contributed by atoms with van der Waals surface area (Å²) in [4.78, 5) is 0. The van der Waals surface area contributed by atoms with Crippen molar-refractivity contribution >= 4 is 10.9 Å². The maximum atomic E-state index is 2.33. The predicted molar refractivity (Wildman–Crippen MR) is 102 cm³/mol. The van der Waals surface area contributed by atoms with Crippen molar-refractivity contribution in [3.8, 4) is 11.3 Å². The summed E-state index contributed by atoms with van der Waals surface area (Å²) in [6, 6.07) is 28.4. The Morgan fingerprint density at radius 2 is 1.54 bits per heavy atom. The molecule has 1 aromatic heterocycles. The molecule has 1 heterocycles. The van der Waals surface area contributed by atoms with Gasteiger partial charge in [-0.25, -0.2) is 0 Å². The minimum absolute atomic E-state index is 0.968. The van der Waals surface area contributed by atoms with E-state index < -0.39 is 0 Å². The fourth-order valence-electron chi connectivity index (χ4n) is 3.39. The van der Waals surface area contributed by atoms with Crippen LogP contribution in [0.3, 0.4) is 0 Å². The molecule has 0 atom stereocenters. The molecule has 0 aliphatic heterocycles. The number of hydrogen-bond acceptors (Lipinski definition) is 0. The van der Waals surface area contributed by atoms with Crippen molar-refractivity contribution in [2.45, 2.75) is 13.3 Å². The van der Waals surface area contributed by atoms with Crippen LogP contribution < -0.4 is 0 Å². The smallest absolute Gasteiger partial charge is 0.0488 e. The molecule has 0 unspecified atom stereocenters. The van der Waals surface area contributed by atoms with E-state index in [1.54, 1.807) is 0 Å². The van der Waals surface area contributed by atoms with Gasteiger partial charge in [0, 0.05) is 23.6 Å². The van der Waals surface area contributed by atoms with Gasteiger partial charge in [-0.1, -0.05) is 72.3 Å². The third-order valence-corrected chi connectivity index (χ3v) is 4.76. The third kappa shape index (κ3) is 2.63. The first-order valence-corrected chi connectivity index (χ1v) is 8.40. The molecule has 0 aliphatic carbocycles. The molecule has 4 aromatic rings. The van der Waals surface area contributed by atoms with Gasteiger partial charge >= 0.3 is 0 Å². The summed E-state index contributed by atoms with van der Waals surface area (Å²) in [5, 5.41) is 1.35. The minimum Gasteiger partial charge on any atom is -0.344 e. The van der Waals surface area contributed by atoms with Crippen molar-refractivity contribution < 1.29 is 0 Å². The van der Waals surface area contributed by atoms with Crippen LogP contribution in [0.1, 0.15) is 16.7 Å². The molecule has 0 fully saturated rings. The lowest BCUT2D eigenvalue weighted by molar-refractivity contribution is 0.978. The van der Waals surface area contributed by atoms with Gasteiger partial charge in [-0.05, 0) is 42.2 Å². The van der Waals surface area contributed by atoms with Crippen molar-refractivity contribution in [2.75, 3.05) is 0 Å². The zero-order valence-corrected chi connectivity index (χ0v) is 14.2. The van der Waals surface area contributed by atoms with Crippen LogP contribution in [-0.4, -0.2) is 4.57 Å². The summed E-state index contributed by atoms with van der Waals surface area (Å²) in [6.45, 7) is 2.13. The van der Waals surface area contributed by atoms with Gasteiger partial charge in [0.2, 0.25) is 0 Å². The summed E-state index contributed by atoms with van der Waals surface area (Å²) in [6.07, 6.45) is 0.968. The SMILES string of the molecule is Cc1ccc(Cc2cccc3c2cc(-c2ccccc2)n3C)cc1. The van der Waals surface area contributed by atoms with Crippen LogP contribution in [-0.2, 0) is 13.5 Å². The molecule has 1 heteroatoms. The molecule has 0 saturated heterocycles. The molecule has 24 heavy (non-hydrogen) atoms. The topological polar surface area (TPSA) is 4.93 Å². The Labute approximate surface area is 143 Å². The normalized spacial score (nSPS) is 11.1. The third-order valence-electron chi connectivity index (χ3n) is 4.76. The van der Waals surface area contributed by atoms with Crippen LogP contribution in [0.15, 0.2) is 78.9 Å². The number of nitrogens with zero attached hydrogens (tertiary/aromatic N) is 1. The van der Waals surface area contributed by atoms with Crippen molar-refractivity contribution in [3.05, 3.63) is 95.6 Å². The number of benzene rings is 3. The number of aryl methyl sites for hydroxylation is 2. The van der Waals surface area contributed by atoms with Gasteiger partial charge in [-0.15, -0.1) is 0 Å². The first kappa shape index (κ1) is 14.8. The Morgan fingerprint density at radius 1 is 0.792 bits per heavy atom. The van der Waals surface area contributed by atoms with Gasteiger partial charge in [0.1, 0.15) is 0 Å². The van der Waals surface area contributed by atoms with E-state index in [0.29, 0.717) is 0 Å². The molecular weight excluding hydrogens is 290 g/mol. The van der Waals surface area contributed by atoms with Gasteiger partial charge < -0.3 is 4.57 Å². The Hall–Kier alpha value is -2.80. The molecule has 118 valence electrons. The molecule has 4 rings (SSSR count). The fourth-order valence-corrected chi connectivity index (χ4v) is 3.39. The Morgan fingerprint density at radius 3 is 2.29 bits per heavy atom. The lowest BCUT2D eigenvalue weighted by Crippen LogP contribution is -1.92. The zero-order valence-electron chi connectivity index (χ0n) is 14.2. The van der Waals surface area contributed by atoms with Crippen molar-refractivity contribution in [2.24, 2.45) is 7.05 Å². The highest BCUT2D eigenvalue weighted by molar-refractivity contribution is 5.89. The van der Waals surface area contributed by atoms with Crippen molar-refractivity contribution in [1.29, 1.82) is 0 Å². The average Bonchev–Trinajstić information content (AvgIpc) is 2.96. The molecule has 0 bridgehead atoms. The first-order chi connectivity index (χ1) is 11.7. The summed E-state index contributed by atoms with van der Waals surface area (Å²) in [5.41, 5.74) is 7.87. The molecular formula is C23H21N. The molecule has 0 aliphatic rings. The van der Waals surface area contributed by atoms with Gasteiger partial charge in [0.25, 0.3) is 0 Å². The maximum Gasteiger partial charge on any atom is 0.0488 e. The molecule has 0 amide bonds. The van der Waals surface area contributed by atoms with Crippen LogP contribution in [0.2, 0.25) is 0 Å². The molecule has 0 spiro atoms. The first-order valence-electron chi connectivity index (χ1n) is 8.40. The molecule has 0 N–H and O–H groups in total. The van der Waals surface area contributed by atoms with E-state index in [-0.39, 0.29) is 0 Å². The lowest BCUT2D eigenvalue weighted by Gasteiger charge is -2.06. The summed E-state index contributed by atoms with van der Waals surface area (Å²) >= 11 is 0. The van der Waals surface area contributed by atoms with Gasteiger partial charge in [0.15, 0.2) is 0 Å². The summed E-state index contributed by atoms with van der Waals surface area (Å²) in [5.74, 6) is 0. The van der Waals surface area contributed by atoms with Crippen molar-refractivity contribution in [1.82, 2.24) is 4.57 Å². The second-order valence-corrected chi connectivity index (χ2v) is 6.47. The maximum absolute atomic E-state index is 2.33. The van der Waals surface area contributed by atoms with Crippen LogP contribution in [0.4, 0.5) is 0 Å². The zero-order chi connectivity index (χ0) is 16.5. The van der Waals surface area contributed by atoms with E-state index in [1.165, 1.54) is 38.9 Å². The van der Waals surface area contributed by atoms with E-state index in [2.05, 4.69) is 97.4 Å². The second-order valence-electron chi connectivity index (χ2n) is 6.47. The Kier molecular flexibility index (Phi) is 3.70. The van der Waals surface area contributed by atoms with Crippen molar-refractivity contribution in [3.63, 3.8) is 0 Å². The van der Waals surface area contributed by atoms with Crippen LogP contribution in [0, 0.1) is 6.92 Å². The highest BCUT2D eigenvalue weighted by Crippen LogP contribution is 2.30. The number of aromatic nitrogens is 1.